The Bertz CT molecular complexity index is 875. The number of fused-ring (bicyclic) bond motifs is 1. The normalized spacial score (nSPS) is 16.5. The van der Waals surface area contributed by atoms with E-state index in [0.717, 1.165) is 55.9 Å². The topological polar surface area (TPSA) is 72.7 Å². The Hall–Kier alpha value is -2.54. The molecule has 0 saturated heterocycles. The molecule has 140 valence electrons. The van der Waals surface area contributed by atoms with Gasteiger partial charge in [0.1, 0.15) is 5.82 Å². The number of amides is 1. The molecule has 1 unspecified atom stereocenters. The fourth-order valence-corrected chi connectivity index (χ4v) is 4.28. The lowest BCUT2D eigenvalue weighted by molar-refractivity contribution is -0.122. The number of aromatic nitrogens is 4. The third-order valence-electron chi connectivity index (χ3n) is 4.96. The summed E-state index contributed by atoms with van der Waals surface area (Å²) >= 11 is 1.76. The van der Waals surface area contributed by atoms with Crippen LogP contribution in [0.2, 0.25) is 0 Å². The molecule has 0 fully saturated rings. The number of hydrogen-bond acceptors (Lipinski definition) is 5. The van der Waals surface area contributed by atoms with Gasteiger partial charge in [0.2, 0.25) is 5.91 Å². The van der Waals surface area contributed by atoms with Gasteiger partial charge in [-0.2, -0.15) is 0 Å². The molecule has 1 atom stereocenters. The van der Waals surface area contributed by atoms with Gasteiger partial charge in [-0.15, -0.1) is 21.5 Å². The molecule has 0 bridgehead atoms. The largest absolute Gasteiger partial charge is 0.353 e. The monoisotopic (exact) mass is 381 g/mol. The molecule has 0 saturated carbocycles. The first-order chi connectivity index (χ1) is 13.3. The molecule has 7 heteroatoms. The number of thiophene rings is 1. The van der Waals surface area contributed by atoms with Crippen LogP contribution in [0.1, 0.15) is 36.4 Å². The van der Waals surface area contributed by atoms with E-state index in [2.05, 4.69) is 42.6 Å². The molecular formula is C20H23N5OS. The standard InChI is InChI=1S/C20H23N5OS/c26-19(5-1-3-17-4-2-14-27-17)22-16-6-7-18-23-24-20(25(18)13-10-16)15-8-11-21-12-9-15/h2,4,8-9,11-12,14,16H,1,3,5-7,10,13H2,(H,22,26). The fraction of sp³-hybridized carbons (Fsp3) is 0.400. The van der Waals surface area contributed by atoms with Crippen LogP contribution in [0.25, 0.3) is 11.4 Å². The number of nitrogens with zero attached hydrogens (tertiary/aromatic N) is 4. The Labute approximate surface area is 162 Å². The van der Waals surface area contributed by atoms with Gasteiger partial charge in [0.05, 0.1) is 0 Å². The molecule has 0 spiro atoms. The maximum Gasteiger partial charge on any atom is 0.220 e. The lowest BCUT2D eigenvalue weighted by Crippen LogP contribution is -2.35. The number of hydrogen-bond donors (Lipinski definition) is 1. The number of nitrogens with one attached hydrogen (secondary N) is 1. The van der Waals surface area contributed by atoms with E-state index < -0.39 is 0 Å². The Balaban J connectivity index is 1.31. The smallest absolute Gasteiger partial charge is 0.220 e. The maximum absolute atomic E-state index is 12.3. The summed E-state index contributed by atoms with van der Waals surface area (Å²) < 4.78 is 2.18. The summed E-state index contributed by atoms with van der Waals surface area (Å²) in [6.07, 6.45) is 8.65. The summed E-state index contributed by atoms with van der Waals surface area (Å²) in [5.41, 5.74) is 1.03. The third-order valence-corrected chi connectivity index (χ3v) is 5.89. The van der Waals surface area contributed by atoms with Crippen molar-refractivity contribution in [3.63, 3.8) is 0 Å². The molecule has 1 N–H and O–H groups in total. The second-order valence-corrected chi connectivity index (χ2v) is 7.88. The van der Waals surface area contributed by atoms with E-state index in [1.165, 1.54) is 4.88 Å². The van der Waals surface area contributed by atoms with Crippen molar-refractivity contribution in [1.82, 2.24) is 25.1 Å². The Kier molecular flexibility index (Phi) is 5.58. The minimum Gasteiger partial charge on any atom is -0.353 e. The quantitative estimate of drug-likeness (QED) is 0.711. The Morgan fingerprint density at radius 3 is 2.93 bits per heavy atom. The van der Waals surface area contributed by atoms with E-state index in [9.17, 15) is 4.79 Å². The highest BCUT2D eigenvalue weighted by Gasteiger charge is 2.22. The van der Waals surface area contributed by atoms with Crippen molar-refractivity contribution in [2.45, 2.75) is 51.1 Å². The van der Waals surface area contributed by atoms with E-state index >= 15 is 0 Å². The zero-order valence-electron chi connectivity index (χ0n) is 15.2. The van der Waals surface area contributed by atoms with Crippen LogP contribution in [0.4, 0.5) is 0 Å². The first-order valence-electron chi connectivity index (χ1n) is 9.44. The van der Waals surface area contributed by atoms with E-state index in [4.69, 9.17) is 0 Å². The van der Waals surface area contributed by atoms with Crippen molar-refractivity contribution in [3.05, 3.63) is 52.7 Å². The molecule has 1 aliphatic rings. The highest BCUT2D eigenvalue weighted by molar-refractivity contribution is 7.09. The zero-order valence-corrected chi connectivity index (χ0v) is 16.0. The summed E-state index contributed by atoms with van der Waals surface area (Å²) in [5, 5.41) is 14.0. The molecule has 0 radical (unpaired) electrons. The summed E-state index contributed by atoms with van der Waals surface area (Å²) in [6, 6.07) is 8.30. The Morgan fingerprint density at radius 1 is 1.22 bits per heavy atom. The van der Waals surface area contributed by atoms with Crippen LogP contribution in [-0.2, 0) is 24.2 Å². The highest BCUT2D eigenvalue weighted by Crippen LogP contribution is 2.22. The zero-order chi connectivity index (χ0) is 18.5. The van der Waals surface area contributed by atoms with Gasteiger partial charge in [-0.3, -0.25) is 9.78 Å². The average Bonchev–Trinajstić information content (AvgIpc) is 3.30. The van der Waals surface area contributed by atoms with Crippen molar-refractivity contribution in [1.29, 1.82) is 0 Å². The van der Waals surface area contributed by atoms with Gasteiger partial charge in [-0.1, -0.05) is 6.07 Å². The van der Waals surface area contributed by atoms with Crippen molar-refractivity contribution < 1.29 is 4.79 Å². The van der Waals surface area contributed by atoms with Crippen molar-refractivity contribution in [3.8, 4) is 11.4 Å². The molecule has 6 nitrogen and oxygen atoms in total. The van der Waals surface area contributed by atoms with Crippen LogP contribution >= 0.6 is 11.3 Å². The minimum atomic E-state index is 0.156. The molecule has 1 amide bonds. The van der Waals surface area contributed by atoms with Crippen LogP contribution in [-0.4, -0.2) is 31.7 Å². The summed E-state index contributed by atoms with van der Waals surface area (Å²) in [7, 11) is 0. The lowest BCUT2D eigenvalue weighted by Gasteiger charge is -2.16. The Morgan fingerprint density at radius 2 is 2.11 bits per heavy atom. The van der Waals surface area contributed by atoms with Crippen LogP contribution in [0, 0.1) is 0 Å². The van der Waals surface area contributed by atoms with Gasteiger partial charge in [-0.05, 0) is 49.3 Å². The molecule has 4 heterocycles. The van der Waals surface area contributed by atoms with E-state index in [1.54, 1.807) is 23.7 Å². The summed E-state index contributed by atoms with van der Waals surface area (Å²) in [5.74, 6) is 2.04. The van der Waals surface area contributed by atoms with Gasteiger partial charge in [0, 0.05) is 48.3 Å². The predicted octanol–water partition coefficient (Wildman–Crippen LogP) is 3.25. The van der Waals surface area contributed by atoms with Crippen LogP contribution in [0.5, 0.6) is 0 Å². The molecule has 27 heavy (non-hydrogen) atoms. The molecular weight excluding hydrogens is 358 g/mol. The highest BCUT2D eigenvalue weighted by atomic mass is 32.1. The first kappa shape index (κ1) is 17.9. The second kappa shape index (κ2) is 8.43. The summed E-state index contributed by atoms with van der Waals surface area (Å²) in [6.45, 7) is 0.820. The third kappa shape index (κ3) is 4.42. The molecule has 3 aromatic rings. The first-order valence-corrected chi connectivity index (χ1v) is 10.3. The van der Waals surface area contributed by atoms with E-state index in [-0.39, 0.29) is 11.9 Å². The van der Waals surface area contributed by atoms with Gasteiger partial charge < -0.3 is 9.88 Å². The fourth-order valence-electron chi connectivity index (χ4n) is 3.52. The van der Waals surface area contributed by atoms with Crippen molar-refractivity contribution >= 4 is 17.2 Å². The predicted molar refractivity (Wildman–Crippen MR) is 105 cm³/mol. The number of rotatable bonds is 6. The average molecular weight is 382 g/mol. The van der Waals surface area contributed by atoms with Gasteiger partial charge >= 0.3 is 0 Å². The molecule has 1 aliphatic heterocycles. The number of pyridine rings is 1. The van der Waals surface area contributed by atoms with Crippen molar-refractivity contribution in [2.75, 3.05) is 0 Å². The minimum absolute atomic E-state index is 0.156. The lowest BCUT2D eigenvalue weighted by atomic mass is 10.1. The number of carbonyl (C=O) groups excluding carboxylic acids is 1. The van der Waals surface area contributed by atoms with Gasteiger partial charge in [-0.25, -0.2) is 0 Å². The molecule has 0 aliphatic carbocycles. The van der Waals surface area contributed by atoms with Crippen LogP contribution in [0.15, 0.2) is 42.0 Å². The number of aryl methyl sites for hydroxylation is 2. The van der Waals surface area contributed by atoms with Crippen molar-refractivity contribution in [2.24, 2.45) is 0 Å². The molecule has 0 aromatic carbocycles. The van der Waals surface area contributed by atoms with E-state index in [1.807, 2.05) is 12.1 Å². The summed E-state index contributed by atoms with van der Waals surface area (Å²) in [4.78, 5) is 17.7. The van der Waals surface area contributed by atoms with Crippen LogP contribution in [0.3, 0.4) is 0 Å². The SMILES string of the molecule is O=C(CCCc1cccs1)NC1CCc2nnc(-c3ccncc3)n2CC1. The van der Waals surface area contributed by atoms with E-state index in [0.29, 0.717) is 6.42 Å². The van der Waals surface area contributed by atoms with Crippen LogP contribution < -0.4 is 5.32 Å². The van der Waals surface area contributed by atoms with Gasteiger partial charge in [0.15, 0.2) is 5.82 Å². The molecule has 4 rings (SSSR count). The number of carbonyl (C=O) groups is 1. The second-order valence-electron chi connectivity index (χ2n) is 6.85. The molecule has 3 aromatic heterocycles. The van der Waals surface area contributed by atoms with Gasteiger partial charge in [0.25, 0.3) is 0 Å². The maximum atomic E-state index is 12.3.